The molecule has 2 amide bonds. The van der Waals surface area contributed by atoms with Crippen LogP contribution in [0.15, 0.2) is 48.5 Å². The highest BCUT2D eigenvalue weighted by Crippen LogP contribution is 2.30. The number of aromatic nitrogens is 2. The first kappa shape index (κ1) is 31.0. The van der Waals surface area contributed by atoms with E-state index in [2.05, 4.69) is 15.3 Å². The van der Waals surface area contributed by atoms with Gasteiger partial charge in [-0.15, -0.1) is 5.10 Å². The topological polar surface area (TPSA) is 115 Å². The van der Waals surface area contributed by atoms with Crippen LogP contribution in [0.4, 0.5) is 19.4 Å². The number of rotatable bonds is 10. The molecule has 4 N–H and O–H groups in total. The first-order valence-electron chi connectivity index (χ1n) is 13.3. The van der Waals surface area contributed by atoms with Crippen LogP contribution in [0.1, 0.15) is 44.2 Å². The minimum Gasteiger partial charge on any atom is -0.473 e. The largest absolute Gasteiger partial charge is 0.473 e. The van der Waals surface area contributed by atoms with Crippen molar-refractivity contribution >= 4 is 11.8 Å². The van der Waals surface area contributed by atoms with Crippen molar-refractivity contribution < 1.29 is 28.2 Å². The number of nitrogens with one attached hydrogen (secondary N) is 1. The summed E-state index contributed by atoms with van der Waals surface area (Å²) >= 11 is 0. The van der Waals surface area contributed by atoms with E-state index < -0.39 is 23.3 Å². The monoisotopic (exact) mass is 559 g/mol. The molecule has 40 heavy (non-hydrogen) atoms. The lowest BCUT2D eigenvalue weighted by Gasteiger charge is -2.16. The Hall–Kier alpha value is -3.54. The van der Waals surface area contributed by atoms with Crippen molar-refractivity contribution in [2.24, 2.45) is 5.73 Å². The fourth-order valence-electron chi connectivity index (χ4n) is 4.41. The van der Waals surface area contributed by atoms with Gasteiger partial charge in [-0.25, -0.2) is 18.3 Å². The number of amides is 2. The van der Waals surface area contributed by atoms with Crippen molar-refractivity contribution in [2.75, 3.05) is 45.3 Å². The second-order valence-electron chi connectivity index (χ2n) is 10.3. The van der Waals surface area contributed by atoms with Gasteiger partial charge >= 0.3 is 6.03 Å². The molecule has 0 saturated carbocycles. The van der Waals surface area contributed by atoms with Crippen molar-refractivity contribution in [3.05, 3.63) is 71.3 Å². The summed E-state index contributed by atoms with van der Waals surface area (Å²) in [6.45, 7) is 8.81. The van der Waals surface area contributed by atoms with Gasteiger partial charge in [0.25, 0.3) is 0 Å². The van der Waals surface area contributed by atoms with Gasteiger partial charge in [-0.1, -0.05) is 31.2 Å². The van der Waals surface area contributed by atoms with Gasteiger partial charge in [-0.3, -0.25) is 5.32 Å². The van der Waals surface area contributed by atoms with Gasteiger partial charge < -0.3 is 25.2 Å². The number of para-hydroxylation sites is 1. The molecule has 1 fully saturated rings. The molecule has 2 heterocycles. The molecule has 1 atom stereocenters. The zero-order valence-electron chi connectivity index (χ0n) is 23.5. The number of likely N-dealkylation sites (tertiary alicyclic amines) is 1. The van der Waals surface area contributed by atoms with Crippen molar-refractivity contribution in [1.29, 1.82) is 0 Å². The summed E-state index contributed by atoms with van der Waals surface area (Å²) < 4.78 is 38.2. The summed E-state index contributed by atoms with van der Waals surface area (Å²) in [5, 5.41) is 16.9. The number of primary amides is 1. The SMILES string of the molecule is CCc1c(OCC(C)(C)O)nn(-c2ccccc2)c1NC(N)=O.COCCN1CCC(c2ccc(F)c(F)c2)C1. The first-order chi connectivity index (χ1) is 19.0. The van der Waals surface area contributed by atoms with Crippen LogP contribution in [0, 0.1) is 11.6 Å². The number of carbonyl (C=O) groups is 1. The van der Waals surface area contributed by atoms with E-state index in [0.717, 1.165) is 42.9 Å². The number of hydrogen-bond donors (Lipinski definition) is 3. The van der Waals surface area contributed by atoms with Crippen LogP contribution in [-0.2, 0) is 11.2 Å². The smallest absolute Gasteiger partial charge is 0.317 e. The number of anilines is 1. The van der Waals surface area contributed by atoms with Crippen LogP contribution >= 0.6 is 0 Å². The Morgan fingerprint density at radius 3 is 2.52 bits per heavy atom. The number of carbonyl (C=O) groups excluding carboxylic acids is 1. The number of nitrogens with two attached hydrogens (primary N) is 1. The predicted molar refractivity (Wildman–Crippen MR) is 150 cm³/mol. The number of benzene rings is 2. The molecule has 1 aromatic heterocycles. The third-order valence-electron chi connectivity index (χ3n) is 6.40. The number of aliphatic hydroxyl groups is 1. The molecule has 218 valence electrons. The van der Waals surface area contributed by atoms with E-state index in [4.69, 9.17) is 15.2 Å². The first-order valence-corrected chi connectivity index (χ1v) is 13.3. The normalized spacial score (nSPS) is 15.4. The molecule has 2 aromatic carbocycles. The molecular formula is C29H39F2N5O4. The zero-order chi connectivity index (χ0) is 29.3. The van der Waals surface area contributed by atoms with E-state index in [9.17, 15) is 18.7 Å². The highest BCUT2D eigenvalue weighted by Gasteiger charge is 2.24. The van der Waals surface area contributed by atoms with Crippen LogP contribution in [0.5, 0.6) is 5.88 Å². The second kappa shape index (κ2) is 14.2. The fourth-order valence-corrected chi connectivity index (χ4v) is 4.41. The van der Waals surface area contributed by atoms with Gasteiger partial charge in [0, 0.05) is 20.2 Å². The average molecular weight is 560 g/mol. The fraction of sp³-hybridized carbons (Fsp3) is 0.448. The third-order valence-corrected chi connectivity index (χ3v) is 6.40. The summed E-state index contributed by atoms with van der Waals surface area (Å²) in [6.07, 6.45) is 1.58. The maximum Gasteiger partial charge on any atom is 0.317 e. The molecule has 0 bridgehead atoms. The highest BCUT2D eigenvalue weighted by molar-refractivity contribution is 5.88. The van der Waals surface area contributed by atoms with E-state index in [0.29, 0.717) is 30.6 Å². The Morgan fingerprint density at radius 1 is 1.20 bits per heavy atom. The lowest BCUT2D eigenvalue weighted by atomic mass is 9.98. The predicted octanol–water partition coefficient (Wildman–Crippen LogP) is 4.48. The number of halogens is 2. The summed E-state index contributed by atoms with van der Waals surface area (Å²) in [7, 11) is 1.68. The highest BCUT2D eigenvalue weighted by atomic mass is 19.2. The number of ether oxygens (including phenoxy) is 2. The molecular weight excluding hydrogens is 520 g/mol. The lowest BCUT2D eigenvalue weighted by molar-refractivity contribution is 0.0264. The van der Waals surface area contributed by atoms with E-state index in [1.54, 1.807) is 31.7 Å². The van der Waals surface area contributed by atoms with Gasteiger partial charge in [-0.05, 0) is 69.0 Å². The standard InChI is InChI=1S/C16H22N4O3.C13H17F2NO/c1-4-12-13(18-15(17)21)20(11-8-6-5-7-9-11)19-14(12)23-10-16(2,3)22;1-17-7-6-16-5-4-11(9-16)10-2-3-12(14)13(15)8-10/h5-9,22H,4,10H2,1-3H3,(H3,17,18,21);2-3,8,11H,4-7,9H2,1H3. The maximum atomic E-state index is 13.1. The summed E-state index contributed by atoms with van der Waals surface area (Å²) in [4.78, 5) is 13.6. The van der Waals surface area contributed by atoms with Crippen molar-refractivity contribution in [3.63, 3.8) is 0 Å². The number of methoxy groups -OCH3 is 1. The van der Waals surface area contributed by atoms with Crippen LogP contribution in [-0.4, -0.2) is 71.4 Å². The Kier molecular flexibility index (Phi) is 11.0. The minimum atomic E-state index is -0.987. The van der Waals surface area contributed by atoms with Crippen LogP contribution in [0.25, 0.3) is 5.69 Å². The Balaban J connectivity index is 0.000000230. The molecule has 1 saturated heterocycles. The van der Waals surface area contributed by atoms with Crippen molar-refractivity contribution in [3.8, 4) is 11.6 Å². The molecule has 3 aromatic rings. The quantitative estimate of drug-likeness (QED) is 0.338. The van der Waals surface area contributed by atoms with E-state index >= 15 is 0 Å². The van der Waals surface area contributed by atoms with Gasteiger partial charge in [0.15, 0.2) is 11.6 Å². The molecule has 9 nitrogen and oxygen atoms in total. The lowest BCUT2D eigenvalue weighted by Crippen LogP contribution is -2.28. The van der Waals surface area contributed by atoms with E-state index in [-0.39, 0.29) is 6.61 Å². The number of hydrogen-bond acceptors (Lipinski definition) is 6. The second-order valence-corrected chi connectivity index (χ2v) is 10.3. The molecule has 0 aliphatic carbocycles. The van der Waals surface area contributed by atoms with Crippen LogP contribution in [0.3, 0.4) is 0 Å². The molecule has 1 unspecified atom stereocenters. The van der Waals surface area contributed by atoms with Crippen molar-refractivity contribution in [2.45, 2.75) is 45.1 Å². The molecule has 4 rings (SSSR count). The number of urea groups is 1. The van der Waals surface area contributed by atoms with E-state index in [1.807, 2.05) is 37.3 Å². The molecule has 1 aliphatic rings. The summed E-state index contributed by atoms with van der Waals surface area (Å²) in [5.41, 5.74) is 6.67. The Morgan fingerprint density at radius 2 is 1.93 bits per heavy atom. The van der Waals surface area contributed by atoms with Gasteiger partial charge in [0.05, 0.1) is 23.5 Å². The minimum absolute atomic E-state index is 0.0851. The van der Waals surface area contributed by atoms with Crippen LogP contribution in [0.2, 0.25) is 0 Å². The van der Waals surface area contributed by atoms with E-state index in [1.165, 1.54) is 12.1 Å². The summed E-state index contributed by atoms with van der Waals surface area (Å²) in [6, 6.07) is 12.9. The van der Waals surface area contributed by atoms with Crippen molar-refractivity contribution in [1.82, 2.24) is 14.7 Å². The van der Waals surface area contributed by atoms with Gasteiger partial charge in [0.1, 0.15) is 12.4 Å². The molecule has 0 spiro atoms. The maximum absolute atomic E-state index is 13.1. The third kappa shape index (κ3) is 8.73. The zero-order valence-corrected chi connectivity index (χ0v) is 23.5. The average Bonchev–Trinajstić information content (AvgIpc) is 3.52. The Labute approximate surface area is 233 Å². The Bertz CT molecular complexity index is 1250. The molecule has 1 aliphatic heterocycles. The summed E-state index contributed by atoms with van der Waals surface area (Å²) in [5.74, 6) is -0.387. The molecule has 11 heteroatoms. The van der Waals surface area contributed by atoms with Gasteiger partial charge in [-0.2, -0.15) is 0 Å². The number of nitrogens with zero attached hydrogens (tertiary/aromatic N) is 3. The van der Waals surface area contributed by atoms with Crippen LogP contribution < -0.4 is 15.8 Å². The molecule has 0 radical (unpaired) electrons. The van der Waals surface area contributed by atoms with Gasteiger partial charge in [0.2, 0.25) is 5.88 Å².